The fraction of sp³-hybridized carbons (Fsp3) is 0.609. The summed E-state index contributed by atoms with van der Waals surface area (Å²) in [6.45, 7) is 11.2. The third-order valence-corrected chi connectivity index (χ3v) is 7.68. The third-order valence-electron chi connectivity index (χ3n) is 6.44. The minimum atomic E-state index is 0.331. The van der Waals surface area contributed by atoms with Gasteiger partial charge >= 0.3 is 0 Å². The van der Waals surface area contributed by atoms with Gasteiger partial charge in [0.25, 0.3) is 0 Å². The van der Waals surface area contributed by atoms with Crippen LogP contribution in [0.2, 0.25) is 5.28 Å². The number of hydrogen-bond acceptors (Lipinski definition) is 8. The lowest BCUT2D eigenvalue weighted by molar-refractivity contribution is 0.122. The SMILES string of the molecule is CC.Clc1nc(N2CCNCC2)c2sc3nc(N4CCOCC4)c4c(c3c2n1)CCCC4. The first-order valence-corrected chi connectivity index (χ1v) is 13.1. The van der Waals surface area contributed by atoms with Crippen LogP contribution >= 0.6 is 22.9 Å². The molecular weight excluding hydrogens is 444 g/mol. The van der Waals surface area contributed by atoms with E-state index < -0.39 is 0 Å². The molecule has 0 aromatic carbocycles. The molecule has 2 aliphatic heterocycles. The first-order valence-electron chi connectivity index (χ1n) is 11.9. The van der Waals surface area contributed by atoms with Gasteiger partial charge in [0.2, 0.25) is 5.28 Å². The molecule has 1 N–H and O–H groups in total. The number of thiophene rings is 1. The van der Waals surface area contributed by atoms with Gasteiger partial charge in [-0.1, -0.05) is 13.8 Å². The van der Waals surface area contributed by atoms with E-state index in [9.17, 15) is 0 Å². The van der Waals surface area contributed by atoms with Crippen molar-refractivity contribution in [3.63, 3.8) is 0 Å². The second-order valence-electron chi connectivity index (χ2n) is 8.21. The second-order valence-corrected chi connectivity index (χ2v) is 9.55. The Morgan fingerprint density at radius 1 is 0.875 bits per heavy atom. The number of fused-ring (bicyclic) bond motifs is 5. The monoisotopic (exact) mass is 474 g/mol. The van der Waals surface area contributed by atoms with E-state index in [0.717, 1.165) is 92.0 Å². The zero-order valence-electron chi connectivity index (χ0n) is 18.9. The lowest BCUT2D eigenvalue weighted by atomic mass is 9.90. The maximum absolute atomic E-state index is 6.43. The van der Waals surface area contributed by atoms with Gasteiger partial charge in [0.05, 0.1) is 23.4 Å². The Kier molecular flexibility index (Phi) is 6.64. The highest BCUT2D eigenvalue weighted by Gasteiger charge is 2.28. The first-order chi connectivity index (χ1) is 15.8. The quantitative estimate of drug-likeness (QED) is 0.562. The number of pyridine rings is 1. The number of morpholine rings is 1. The smallest absolute Gasteiger partial charge is 0.224 e. The Morgan fingerprint density at radius 3 is 2.31 bits per heavy atom. The van der Waals surface area contributed by atoms with Crippen LogP contribution in [0.4, 0.5) is 11.6 Å². The van der Waals surface area contributed by atoms with Crippen LogP contribution in [0.25, 0.3) is 20.4 Å². The normalized spacial score (nSPS) is 19.1. The Balaban J connectivity index is 0.00000105. The molecule has 0 unspecified atom stereocenters. The lowest BCUT2D eigenvalue weighted by Crippen LogP contribution is -2.44. The summed E-state index contributed by atoms with van der Waals surface area (Å²) in [6, 6.07) is 0. The summed E-state index contributed by atoms with van der Waals surface area (Å²) in [7, 11) is 0. The summed E-state index contributed by atoms with van der Waals surface area (Å²) < 4.78 is 6.71. The summed E-state index contributed by atoms with van der Waals surface area (Å²) in [6.07, 6.45) is 4.62. The second kappa shape index (κ2) is 9.63. The largest absolute Gasteiger partial charge is 0.378 e. The van der Waals surface area contributed by atoms with E-state index in [-0.39, 0.29) is 0 Å². The number of aryl methyl sites for hydroxylation is 1. The van der Waals surface area contributed by atoms with Crippen molar-refractivity contribution in [2.75, 3.05) is 62.3 Å². The number of rotatable bonds is 2. The molecular formula is C23H31ClN6OS. The summed E-state index contributed by atoms with van der Waals surface area (Å²) in [5.74, 6) is 2.13. The van der Waals surface area contributed by atoms with Crippen LogP contribution in [0, 0.1) is 0 Å². The van der Waals surface area contributed by atoms with Crippen molar-refractivity contribution in [2.45, 2.75) is 39.5 Å². The van der Waals surface area contributed by atoms with Crippen LogP contribution in [0.1, 0.15) is 37.8 Å². The Hall–Kier alpha value is -1.74. The van der Waals surface area contributed by atoms with Crippen LogP contribution in [0.5, 0.6) is 0 Å². The van der Waals surface area contributed by atoms with Gasteiger partial charge < -0.3 is 19.9 Å². The maximum atomic E-state index is 6.43. The summed E-state index contributed by atoms with van der Waals surface area (Å²) in [5.41, 5.74) is 3.83. The van der Waals surface area contributed by atoms with E-state index in [1.807, 2.05) is 13.8 Å². The minimum Gasteiger partial charge on any atom is -0.378 e. The number of nitrogens with one attached hydrogen (secondary N) is 1. The maximum Gasteiger partial charge on any atom is 0.224 e. The van der Waals surface area contributed by atoms with Crippen LogP contribution in [0.3, 0.4) is 0 Å². The molecule has 3 aliphatic rings. The third kappa shape index (κ3) is 3.91. The molecule has 2 saturated heterocycles. The van der Waals surface area contributed by atoms with Crippen molar-refractivity contribution in [1.29, 1.82) is 0 Å². The summed E-state index contributed by atoms with van der Waals surface area (Å²) >= 11 is 8.16. The van der Waals surface area contributed by atoms with Crippen molar-refractivity contribution in [2.24, 2.45) is 0 Å². The molecule has 1 aliphatic carbocycles. The molecule has 7 nitrogen and oxygen atoms in total. The van der Waals surface area contributed by atoms with Crippen molar-refractivity contribution >= 4 is 55.0 Å². The van der Waals surface area contributed by atoms with E-state index in [4.69, 9.17) is 26.3 Å². The molecule has 0 radical (unpaired) electrons. The van der Waals surface area contributed by atoms with Gasteiger partial charge in [-0.2, -0.15) is 4.98 Å². The van der Waals surface area contributed by atoms with E-state index in [2.05, 4.69) is 20.1 Å². The molecule has 0 spiro atoms. The zero-order valence-corrected chi connectivity index (χ0v) is 20.5. The highest BCUT2D eigenvalue weighted by molar-refractivity contribution is 7.26. The molecule has 0 bridgehead atoms. The van der Waals surface area contributed by atoms with Crippen molar-refractivity contribution in [3.05, 3.63) is 16.4 Å². The fourth-order valence-electron chi connectivity index (χ4n) is 4.99. The van der Waals surface area contributed by atoms with E-state index >= 15 is 0 Å². The summed E-state index contributed by atoms with van der Waals surface area (Å²) in [5, 5.41) is 4.96. The van der Waals surface area contributed by atoms with Crippen molar-refractivity contribution < 1.29 is 4.74 Å². The Labute approximate surface area is 198 Å². The minimum absolute atomic E-state index is 0.331. The number of anilines is 2. The Bertz CT molecular complexity index is 1110. The lowest BCUT2D eigenvalue weighted by Gasteiger charge is -2.31. The summed E-state index contributed by atoms with van der Waals surface area (Å²) in [4.78, 5) is 20.4. The molecule has 6 rings (SSSR count). The van der Waals surface area contributed by atoms with E-state index in [1.165, 1.54) is 29.4 Å². The fourth-order valence-corrected chi connectivity index (χ4v) is 6.32. The highest BCUT2D eigenvalue weighted by atomic mass is 35.5. The van der Waals surface area contributed by atoms with Gasteiger partial charge in [0.15, 0.2) is 5.82 Å². The molecule has 3 aromatic heterocycles. The molecule has 172 valence electrons. The van der Waals surface area contributed by atoms with Gasteiger partial charge in [0, 0.05) is 44.7 Å². The zero-order chi connectivity index (χ0) is 22.1. The number of nitrogens with zero attached hydrogens (tertiary/aromatic N) is 5. The van der Waals surface area contributed by atoms with Gasteiger partial charge in [-0.05, 0) is 48.4 Å². The molecule has 2 fully saturated rings. The number of hydrogen-bond donors (Lipinski definition) is 1. The van der Waals surface area contributed by atoms with Gasteiger partial charge in [-0.15, -0.1) is 11.3 Å². The highest BCUT2D eigenvalue weighted by Crippen LogP contribution is 2.44. The predicted molar refractivity (Wildman–Crippen MR) is 134 cm³/mol. The van der Waals surface area contributed by atoms with E-state index in [0.29, 0.717) is 5.28 Å². The van der Waals surface area contributed by atoms with Crippen LogP contribution < -0.4 is 15.1 Å². The van der Waals surface area contributed by atoms with Crippen molar-refractivity contribution in [3.8, 4) is 0 Å². The van der Waals surface area contributed by atoms with Gasteiger partial charge in [-0.25, -0.2) is 9.97 Å². The van der Waals surface area contributed by atoms with Crippen LogP contribution in [-0.2, 0) is 17.6 Å². The van der Waals surface area contributed by atoms with Crippen LogP contribution in [0.15, 0.2) is 0 Å². The number of piperazine rings is 1. The molecule has 0 atom stereocenters. The predicted octanol–water partition coefficient (Wildman–Crippen LogP) is 4.04. The molecule has 5 heterocycles. The first kappa shape index (κ1) is 22.1. The Morgan fingerprint density at radius 2 is 1.56 bits per heavy atom. The molecule has 0 saturated carbocycles. The number of aromatic nitrogens is 3. The van der Waals surface area contributed by atoms with Crippen molar-refractivity contribution in [1.82, 2.24) is 20.3 Å². The van der Waals surface area contributed by atoms with Crippen LogP contribution in [-0.4, -0.2) is 67.4 Å². The standard InChI is InChI=1S/C21H25ClN6OS.C2H6/c22-21-24-16-15-13-3-1-2-4-14(13)18(28-9-11-29-12-10-28)25-20(15)30-17(16)19(26-21)27-7-5-23-6-8-27;1-2/h23H,1-12H2;1-2H3. The molecule has 3 aromatic rings. The van der Waals surface area contributed by atoms with E-state index in [1.54, 1.807) is 11.3 Å². The average Bonchev–Trinajstić information content (AvgIpc) is 3.24. The molecule has 32 heavy (non-hydrogen) atoms. The number of halogens is 1. The molecule has 9 heteroatoms. The molecule has 0 amide bonds. The number of ether oxygens (including phenoxy) is 1. The average molecular weight is 475 g/mol. The van der Waals surface area contributed by atoms with Gasteiger partial charge in [-0.3, -0.25) is 0 Å². The van der Waals surface area contributed by atoms with Gasteiger partial charge in [0.1, 0.15) is 10.6 Å². The topological polar surface area (TPSA) is 66.4 Å².